The molecule has 0 N–H and O–H groups in total. The lowest BCUT2D eigenvalue weighted by molar-refractivity contribution is 0.293. The van der Waals surface area contributed by atoms with Crippen molar-refractivity contribution < 1.29 is 8.42 Å². The van der Waals surface area contributed by atoms with Gasteiger partial charge in [-0.1, -0.05) is 30.3 Å². The maximum Gasteiger partial charge on any atom is 0.346 e. The van der Waals surface area contributed by atoms with Gasteiger partial charge in [0.15, 0.2) is 0 Å². The molecule has 0 aliphatic carbocycles. The van der Waals surface area contributed by atoms with E-state index < -0.39 is 10.2 Å². The van der Waals surface area contributed by atoms with Crippen LogP contribution in [-0.4, -0.2) is 58.6 Å². The van der Waals surface area contributed by atoms with Crippen LogP contribution in [0.2, 0.25) is 0 Å². The van der Waals surface area contributed by atoms with Gasteiger partial charge in [-0.05, 0) is 25.3 Å². The van der Waals surface area contributed by atoms with Crippen LogP contribution in [0.4, 0.5) is 0 Å². The van der Waals surface area contributed by atoms with Crippen molar-refractivity contribution in [3.05, 3.63) is 52.2 Å². The zero-order chi connectivity index (χ0) is 19.6. The van der Waals surface area contributed by atoms with Crippen molar-refractivity contribution in [1.29, 1.82) is 0 Å². The Morgan fingerprint density at radius 3 is 2.33 bits per heavy atom. The Hall–Kier alpha value is -1.97. The topological polar surface area (TPSA) is 80.4 Å². The summed E-state index contributed by atoms with van der Waals surface area (Å²) in [6, 6.07) is 9.78. The molecule has 0 saturated carbocycles. The Morgan fingerprint density at radius 1 is 1.15 bits per heavy atom. The van der Waals surface area contributed by atoms with Gasteiger partial charge in [0.1, 0.15) is 5.82 Å². The molecule has 1 fully saturated rings. The lowest BCUT2D eigenvalue weighted by atomic mass is 9.97. The molecule has 2 heterocycles. The van der Waals surface area contributed by atoms with E-state index >= 15 is 0 Å². The second kappa shape index (κ2) is 7.95. The van der Waals surface area contributed by atoms with Crippen LogP contribution >= 0.6 is 0 Å². The van der Waals surface area contributed by atoms with Crippen LogP contribution in [0.3, 0.4) is 0 Å². The third-order valence-corrected chi connectivity index (χ3v) is 6.99. The molecule has 1 aromatic heterocycles. The van der Waals surface area contributed by atoms with Crippen molar-refractivity contribution in [1.82, 2.24) is 23.0 Å². The molecular weight excluding hydrogens is 366 g/mol. The van der Waals surface area contributed by atoms with Crippen molar-refractivity contribution in [2.24, 2.45) is 0 Å². The average molecular weight is 394 g/mol. The molecule has 9 heteroatoms. The fraction of sp³-hybridized carbons (Fsp3) is 0.556. The van der Waals surface area contributed by atoms with Gasteiger partial charge in [0.25, 0.3) is 10.2 Å². The molecule has 3 rings (SSSR count). The zero-order valence-electron chi connectivity index (χ0n) is 16.1. The van der Waals surface area contributed by atoms with Crippen LogP contribution in [0.1, 0.15) is 37.1 Å². The minimum Gasteiger partial charge on any atom is -0.279 e. The molecule has 2 aromatic rings. The minimum atomic E-state index is -3.39. The van der Waals surface area contributed by atoms with Crippen molar-refractivity contribution in [2.45, 2.75) is 38.8 Å². The highest BCUT2D eigenvalue weighted by Gasteiger charge is 2.32. The van der Waals surface area contributed by atoms with Gasteiger partial charge < -0.3 is 0 Å². The Labute approximate surface area is 160 Å². The molecule has 27 heavy (non-hydrogen) atoms. The average Bonchev–Trinajstić information content (AvgIpc) is 2.98. The van der Waals surface area contributed by atoms with E-state index in [0.29, 0.717) is 39.0 Å². The predicted molar refractivity (Wildman–Crippen MR) is 104 cm³/mol. The van der Waals surface area contributed by atoms with E-state index in [-0.39, 0.29) is 11.6 Å². The maximum absolute atomic E-state index is 12.7. The fourth-order valence-corrected chi connectivity index (χ4v) is 4.63. The molecule has 0 unspecified atom stereocenters. The summed E-state index contributed by atoms with van der Waals surface area (Å²) in [5.41, 5.74) is 0.915. The number of hydrogen-bond acceptors (Lipinski definition) is 4. The van der Waals surface area contributed by atoms with E-state index in [1.165, 1.54) is 13.3 Å². The van der Waals surface area contributed by atoms with Crippen molar-refractivity contribution >= 4 is 10.2 Å². The molecule has 148 valence electrons. The molecule has 1 saturated heterocycles. The quantitative estimate of drug-likeness (QED) is 0.736. The molecule has 0 radical (unpaired) electrons. The summed E-state index contributed by atoms with van der Waals surface area (Å²) in [7, 11) is -0.306. The van der Waals surface area contributed by atoms with E-state index in [2.05, 4.69) is 5.10 Å². The van der Waals surface area contributed by atoms with Gasteiger partial charge in [0.05, 0.1) is 6.54 Å². The molecule has 1 aliphatic rings. The van der Waals surface area contributed by atoms with Gasteiger partial charge in [-0.2, -0.15) is 22.1 Å². The number of nitrogens with zero attached hydrogens (tertiary/aromatic N) is 5. The molecule has 0 amide bonds. The summed E-state index contributed by atoms with van der Waals surface area (Å²) < 4.78 is 30.5. The van der Waals surface area contributed by atoms with Crippen LogP contribution < -0.4 is 5.69 Å². The standard InChI is InChI=1S/C18H27N5O3S/c1-4-22-17(16-10-12-21(13-11-16)27(25,26)20(2)3)19-23(18(22)24)14-15-8-6-5-7-9-15/h5-9,16H,4,10-14H2,1-3H3. The molecule has 0 spiro atoms. The van der Waals surface area contributed by atoms with Gasteiger partial charge in [0.2, 0.25) is 0 Å². The predicted octanol–water partition coefficient (Wildman–Crippen LogP) is 1.10. The van der Waals surface area contributed by atoms with Crippen molar-refractivity contribution in [3.8, 4) is 0 Å². The van der Waals surface area contributed by atoms with Gasteiger partial charge >= 0.3 is 5.69 Å². The van der Waals surface area contributed by atoms with Crippen LogP contribution in [0.5, 0.6) is 0 Å². The highest BCUT2D eigenvalue weighted by molar-refractivity contribution is 7.86. The number of rotatable bonds is 6. The summed E-state index contributed by atoms with van der Waals surface area (Å²) >= 11 is 0. The first-order valence-electron chi connectivity index (χ1n) is 9.23. The minimum absolute atomic E-state index is 0.0864. The lowest BCUT2D eigenvalue weighted by Gasteiger charge is -2.32. The fourth-order valence-electron chi connectivity index (χ4n) is 3.49. The van der Waals surface area contributed by atoms with Gasteiger partial charge in [-0.3, -0.25) is 4.57 Å². The Bertz CT molecular complexity index is 926. The lowest BCUT2D eigenvalue weighted by Crippen LogP contribution is -2.44. The summed E-state index contributed by atoms with van der Waals surface area (Å²) in [5.74, 6) is 0.851. The summed E-state index contributed by atoms with van der Waals surface area (Å²) in [6.07, 6.45) is 1.32. The third kappa shape index (κ3) is 3.99. The SMILES string of the molecule is CCn1c(C2CCN(S(=O)(=O)N(C)C)CC2)nn(Cc2ccccc2)c1=O. The van der Waals surface area contributed by atoms with Crippen molar-refractivity contribution in [3.63, 3.8) is 0 Å². The highest BCUT2D eigenvalue weighted by Crippen LogP contribution is 2.28. The number of benzene rings is 1. The normalized spacial score (nSPS) is 16.9. The summed E-state index contributed by atoms with van der Waals surface area (Å²) in [4.78, 5) is 12.7. The molecule has 1 aromatic carbocycles. The third-order valence-electron chi connectivity index (χ3n) is 5.05. The zero-order valence-corrected chi connectivity index (χ0v) is 16.9. The monoisotopic (exact) mass is 393 g/mol. The Morgan fingerprint density at radius 2 is 1.78 bits per heavy atom. The van der Waals surface area contributed by atoms with E-state index in [4.69, 9.17) is 0 Å². The van der Waals surface area contributed by atoms with Gasteiger partial charge in [-0.25, -0.2) is 9.48 Å². The van der Waals surface area contributed by atoms with E-state index in [1.54, 1.807) is 18.7 Å². The number of piperidine rings is 1. The van der Waals surface area contributed by atoms with E-state index in [1.807, 2.05) is 37.3 Å². The van der Waals surface area contributed by atoms with Crippen LogP contribution in [0.25, 0.3) is 0 Å². The first-order valence-corrected chi connectivity index (χ1v) is 10.6. The van der Waals surface area contributed by atoms with Crippen LogP contribution in [0, 0.1) is 0 Å². The maximum atomic E-state index is 12.7. The molecule has 0 atom stereocenters. The van der Waals surface area contributed by atoms with E-state index in [9.17, 15) is 13.2 Å². The van der Waals surface area contributed by atoms with Crippen LogP contribution in [0.15, 0.2) is 35.1 Å². The van der Waals surface area contributed by atoms with Crippen LogP contribution in [-0.2, 0) is 23.3 Å². The van der Waals surface area contributed by atoms with Gasteiger partial charge in [-0.15, -0.1) is 0 Å². The second-order valence-corrected chi connectivity index (χ2v) is 9.13. The first kappa shape index (κ1) is 19.8. The molecular formula is C18H27N5O3S. The Kier molecular flexibility index (Phi) is 5.83. The van der Waals surface area contributed by atoms with E-state index in [0.717, 1.165) is 11.4 Å². The smallest absolute Gasteiger partial charge is 0.279 e. The van der Waals surface area contributed by atoms with Crippen molar-refractivity contribution in [2.75, 3.05) is 27.2 Å². The first-order chi connectivity index (χ1) is 12.8. The Balaban J connectivity index is 1.80. The summed E-state index contributed by atoms with van der Waals surface area (Å²) in [6.45, 7) is 3.81. The number of aromatic nitrogens is 3. The summed E-state index contributed by atoms with van der Waals surface area (Å²) in [5, 5.41) is 4.61. The largest absolute Gasteiger partial charge is 0.346 e. The molecule has 8 nitrogen and oxygen atoms in total. The van der Waals surface area contributed by atoms with Gasteiger partial charge in [0, 0.05) is 39.6 Å². The molecule has 0 bridgehead atoms. The molecule has 1 aliphatic heterocycles. The second-order valence-electron chi connectivity index (χ2n) is 6.99. The highest BCUT2D eigenvalue weighted by atomic mass is 32.2. The number of hydrogen-bond donors (Lipinski definition) is 0.